The first-order valence-corrected chi connectivity index (χ1v) is 18.5. The zero-order valence-electron chi connectivity index (χ0n) is 30.1. The third-order valence-electron chi connectivity index (χ3n) is 10.9. The predicted octanol–water partition coefficient (Wildman–Crippen LogP) is 14.0. The third-order valence-corrected chi connectivity index (χ3v) is 10.9. The standard InChI is InChI=1S/C50H34N2O2/c1-50(2,3)49-43(51-44-35-19-6-4-16-32(35)33-17-5-7-20-36(33)45(44)52-49)30-15-10-14-29(28-30)31-21-11-23-38-40-25-13-26-41(48(40)54-46(31)38)39-24-12-22-37-34-18-8-9-27-42(34)53-47(37)39/h4-28H,1-3H3. The summed E-state index contributed by atoms with van der Waals surface area (Å²) >= 11 is 0. The molecule has 4 heteroatoms. The Morgan fingerprint density at radius 3 is 1.50 bits per heavy atom. The van der Waals surface area contributed by atoms with E-state index < -0.39 is 0 Å². The highest BCUT2D eigenvalue weighted by molar-refractivity contribution is 6.23. The van der Waals surface area contributed by atoms with E-state index in [0.29, 0.717) is 0 Å². The number of rotatable bonds is 3. The van der Waals surface area contributed by atoms with Gasteiger partial charge in [0.05, 0.1) is 22.4 Å². The fourth-order valence-corrected chi connectivity index (χ4v) is 8.44. The molecular formula is C50H34N2O2. The summed E-state index contributed by atoms with van der Waals surface area (Å²) in [4.78, 5) is 11.0. The molecule has 54 heavy (non-hydrogen) atoms. The molecule has 0 aliphatic heterocycles. The van der Waals surface area contributed by atoms with Crippen LogP contribution in [0.4, 0.5) is 0 Å². The smallest absolute Gasteiger partial charge is 0.143 e. The van der Waals surface area contributed by atoms with Crippen molar-refractivity contribution in [1.29, 1.82) is 0 Å². The summed E-state index contributed by atoms with van der Waals surface area (Å²) in [7, 11) is 0. The van der Waals surface area contributed by atoms with Crippen molar-refractivity contribution in [2.24, 2.45) is 0 Å². The molecule has 0 saturated carbocycles. The molecule has 0 aliphatic rings. The van der Waals surface area contributed by atoms with E-state index in [9.17, 15) is 0 Å². The van der Waals surface area contributed by atoms with Gasteiger partial charge in [-0.05, 0) is 28.5 Å². The molecule has 0 amide bonds. The molecule has 256 valence electrons. The number of hydrogen-bond donors (Lipinski definition) is 0. The molecule has 0 radical (unpaired) electrons. The van der Waals surface area contributed by atoms with Crippen LogP contribution >= 0.6 is 0 Å². The quantitative estimate of drug-likeness (QED) is 0.173. The van der Waals surface area contributed by atoms with E-state index in [0.717, 1.165) is 105 Å². The van der Waals surface area contributed by atoms with E-state index in [1.54, 1.807) is 0 Å². The van der Waals surface area contributed by atoms with Crippen LogP contribution in [0.25, 0.3) is 110 Å². The van der Waals surface area contributed by atoms with Gasteiger partial charge in [0.1, 0.15) is 22.3 Å². The lowest BCUT2D eigenvalue weighted by Crippen LogP contribution is -2.16. The van der Waals surface area contributed by atoms with Crippen molar-refractivity contribution in [2.75, 3.05) is 0 Å². The van der Waals surface area contributed by atoms with Gasteiger partial charge in [0.2, 0.25) is 0 Å². The van der Waals surface area contributed by atoms with Gasteiger partial charge >= 0.3 is 0 Å². The molecule has 0 saturated heterocycles. The van der Waals surface area contributed by atoms with E-state index in [-0.39, 0.29) is 5.41 Å². The summed E-state index contributed by atoms with van der Waals surface area (Å²) < 4.78 is 13.4. The Labute approximate surface area is 311 Å². The summed E-state index contributed by atoms with van der Waals surface area (Å²) in [5.74, 6) is 0. The zero-order chi connectivity index (χ0) is 36.1. The van der Waals surface area contributed by atoms with E-state index in [2.05, 4.69) is 160 Å². The molecule has 11 aromatic rings. The van der Waals surface area contributed by atoms with Crippen LogP contribution in [0.2, 0.25) is 0 Å². The lowest BCUT2D eigenvalue weighted by molar-refractivity contribution is 0.571. The second-order valence-electron chi connectivity index (χ2n) is 15.3. The second kappa shape index (κ2) is 11.4. The Hall–Kier alpha value is -6.78. The van der Waals surface area contributed by atoms with Gasteiger partial charge in [0.25, 0.3) is 0 Å². The molecule has 0 spiro atoms. The fraction of sp³-hybridized carbons (Fsp3) is 0.0800. The predicted molar refractivity (Wildman–Crippen MR) is 224 cm³/mol. The Kier molecular flexibility index (Phi) is 6.48. The number of furan rings is 2. The normalized spacial score (nSPS) is 12.4. The highest BCUT2D eigenvalue weighted by Crippen LogP contribution is 2.44. The van der Waals surface area contributed by atoms with Crippen molar-refractivity contribution < 1.29 is 8.83 Å². The van der Waals surface area contributed by atoms with Crippen LogP contribution in [0.1, 0.15) is 26.5 Å². The Morgan fingerprint density at radius 1 is 0.389 bits per heavy atom. The van der Waals surface area contributed by atoms with Crippen molar-refractivity contribution in [1.82, 2.24) is 9.97 Å². The molecule has 0 atom stereocenters. The number of aromatic nitrogens is 2. The Balaban J connectivity index is 1.12. The van der Waals surface area contributed by atoms with Crippen molar-refractivity contribution in [3.8, 4) is 33.5 Å². The van der Waals surface area contributed by atoms with E-state index in [1.807, 2.05) is 12.1 Å². The van der Waals surface area contributed by atoms with Gasteiger partial charge in [-0.25, -0.2) is 9.97 Å². The number of hydrogen-bond acceptors (Lipinski definition) is 4. The fourth-order valence-electron chi connectivity index (χ4n) is 8.44. The molecule has 0 bridgehead atoms. The van der Waals surface area contributed by atoms with Crippen LogP contribution in [-0.4, -0.2) is 9.97 Å². The van der Waals surface area contributed by atoms with Crippen molar-refractivity contribution in [3.63, 3.8) is 0 Å². The van der Waals surface area contributed by atoms with Gasteiger partial charge in [0.15, 0.2) is 0 Å². The number of para-hydroxylation sites is 4. The van der Waals surface area contributed by atoms with E-state index in [4.69, 9.17) is 18.8 Å². The van der Waals surface area contributed by atoms with Crippen LogP contribution in [0.5, 0.6) is 0 Å². The van der Waals surface area contributed by atoms with Crippen LogP contribution in [0.3, 0.4) is 0 Å². The second-order valence-corrected chi connectivity index (χ2v) is 15.3. The minimum Gasteiger partial charge on any atom is -0.455 e. The molecule has 4 nitrogen and oxygen atoms in total. The maximum absolute atomic E-state index is 6.95. The molecule has 0 fully saturated rings. The SMILES string of the molecule is CC(C)(C)c1nc2c3ccccc3c3ccccc3c2nc1-c1cccc(-c2cccc3c2oc2c(-c4cccc5c4oc4ccccc45)cccc23)c1. The van der Waals surface area contributed by atoms with Crippen LogP contribution in [-0.2, 0) is 5.41 Å². The molecule has 0 unspecified atom stereocenters. The summed E-state index contributed by atoms with van der Waals surface area (Å²) in [5, 5.41) is 8.97. The van der Waals surface area contributed by atoms with Gasteiger partial charge in [0, 0.05) is 60.0 Å². The Bertz CT molecular complexity index is 3320. The molecule has 3 heterocycles. The summed E-state index contributed by atoms with van der Waals surface area (Å²) in [6, 6.07) is 53.2. The highest BCUT2D eigenvalue weighted by Gasteiger charge is 2.25. The molecule has 11 rings (SSSR count). The first-order chi connectivity index (χ1) is 26.4. The van der Waals surface area contributed by atoms with Gasteiger partial charge in [-0.1, -0.05) is 160 Å². The molecule has 8 aromatic carbocycles. The molecular weight excluding hydrogens is 661 g/mol. The van der Waals surface area contributed by atoms with Crippen molar-refractivity contribution >= 4 is 76.5 Å². The van der Waals surface area contributed by atoms with Crippen molar-refractivity contribution in [2.45, 2.75) is 26.2 Å². The summed E-state index contributed by atoms with van der Waals surface area (Å²) in [6.07, 6.45) is 0. The number of nitrogens with zero attached hydrogens (tertiary/aromatic N) is 2. The number of benzene rings is 8. The summed E-state index contributed by atoms with van der Waals surface area (Å²) in [6.45, 7) is 6.66. The van der Waals surface area contributed by atoms with Crippen molar-refractivity contribution in [3.05, 3.63) is 157 Å². The van der Waals surface area contributed by atoms with Crippen LogP contribution in [0.15, 0.2) is 160 Å². The average Bonchev–Trinajstić information content (AvgIpc) is 3.79. The van der Waals surface area contributed by atoms with Crippen LogP contribution < -0.4 is 0 Å². The average molecular weight is 695 g/mol. The highest BCUT2D eigenvalue weighted by atomic mass is 16.3. The first-order valence-electron chi connectivity index (χ1n) is 18.5. The minimum atomic E-state index is -0.253. The maximum Gasteiger partial charge on any atom is 0.143 e. The van der Waals surface area contributed by atoms with Gasteiger partial charge in [-0.15, -0.1) is 0 Å². The van der Waals surface area contributed by atoms with Gasteiger partial charge in [-0.3, -0.25) is 0 Å². The molecule has 0 aliphatic carbocycles. The van der Waals surface area contributed by atoms with Crippen LogP contribution in [0, 0.1) is 0 Å². The largest absolute Gasteiger partial charge is 0.455 e. The van der Waals surface area contributed by atoms with E-state index >= 15 is 0 Å². The lowest BCUT2D eigenvalue weighted by atomic mass is 9.87. The van der Waals surface area contributed by atoms with Gasteiger partial charge in [-0.2, -0.15) is 0 Å². The van der Waals surface area contributed by atoms with Gasteiger partial charge < -0.3 is 8.83 Å². The third kappa shape index (κ3) is 4.50. The Morgan fingerprint density at radius 2 is 0.852 bits per heavy atom. The molecule has 3 aromatic heterocycles. The first kappa shape index (κ1) is 30.8. The monoisotopic (exact) mass is 694 g/mol. The maximum atomic E-state index is 6.95. The molecule has 0 N–H and O–H groups in total. The lowest BCUT2D eigenvalue weighted by Gasteiger charge is -2.23. The minimum absolute atomic E-state index is 0.253. The zero-order valence-corrected chi connectivity index (χ0v) is 30.1. The van der Waals surface area contributed by atoms with E-state index in [1.165, 1.54) is 10.8 Å². The topological polar surface area (TPSA) is 52.1 Å². The summed E-state index contributed by atoms with van der Waals surface area (Å²) in [5.41, 5.74) is 12.1. The number of fused-ring (bicyclic) bond motifs is 12.